The molecule has 5 atom stereocenters. The zero-order valence-electron chi connectivity index (χ0n) is 12.9. The van der Waals surface area contributed by atoms with Crippen LogP contribution in [0.1, 0.15) is 44.1 Å². The van der Waals surface area contributed by atoms with Crippen LogP contribution < -0.4 is 5.73 Å². The molecule has 4 saturated carbocycles. The fourth-order valence-electron chi connectivity index (χ4n) is 6.29. The molecule has 1 nitrogen and oxygen atoms in total. The van der Waals surface area contributed by atoms with E-state index in [0.717, 1.165) is 29.1 Å². The number of halogens is 1. The molecule has 5 unspecified atom stereocenters. The predicted octanol–water partition coefficient (Wildman–Crippen LogP) is 4.67. The lowest BCUT2D eigenvalue weighted by Crippen LogP contribution is -2.40. The molecule has 4 aliphatic carbocycles. The van der Waals surface area contributed by atoms with E-state index < -0.39 is 0 Å². The number of alkyl halides is 1. The monoisotopic (exact) mass is 333 g/mol. The smallest absolute Gasteiger partial charge is 0.0793 e. The van der Waals surface area contributed by atoms with Gasteiger partial charge in [-0.3, -0.25) is 0 Å². The van der Waals surface area contributed by atoms with Gasteiger partial charge in [0, 0.05) is 11.3 Å². The third-order valence-corrected chi connectivity index (χ3v) is 7.60. The predicted molar refractivity (Wildman–Crippen MR) is 96.2 cm³/mol. The highest BCUT2D eigenvalue weighted by molar-refractivity contribution is 7.80. The van der Waals surface area contributed by atoms with Gasteiger partial charge in [-0.25, -0.2) is 0 Å². The normalized spacial score (nSPS) is 42.0. The summed E-state index contributed by atoms with van der Waals surface area (Å²) in [5, 5.41) is 0. The highest BCUT2D eigenvalue weighted by Crippen LogP contribution is 2.73. The first-order valence-corrected chi connectivity index (χ1v) is 9.47. The summed E-state index contributed by atoms with van der Waals surface area (Å²) in [4.78, 5) is 0.786. The first kappa shape index (κ1) is 15.0. The molecule has 4 aliphatic rings. The molecule has 0 radical (unpaired) electrons. The fourth-order valence-corrected chi connectivity index (χ4v) is 6.75. The van der Waals surface area contributed by atoms with Crippen molar-refractivity contribution in [3.8, 4) is 0 Å². The maximum atomic E-state index is 6.29. The third kappa shape index (κ3) is 1.93. The van der Waals surface area contributed by atoms with Crippen molar-refractivity contribution < 1.29 is 0 Å². The molecule has 4 bridgehead atoms. The van der Waals surface area contributed by atoms with E-state index in [9.17, 15) is 0 Å². The highest BCUT2D eigenvalue weighted by Gasteiger charge is 2.68. The van der Waals surface area contributed by atoms with E-state index in [4.69, 9.17) is 29.6 Å². The van der Waals surface area contributed by atoms with E-state index in [1.165, 1.54) is 37.7 Å². The van der Waals surface area contributed by atoms with Crippen molar-refractivity contribution in [1.82, 2.24) is 0 Å². The molecular weight excluding hydrogens is 310 g/mol. The molecule has 5 rings (SSSR count). The molecule has 2 N–H and O–H groups in total. The van der Waals surface area contributed by atoms with E-state index in [-0.39, 0.29) is 5.41 Å². The summed E-state index contributed by atoms with van der Waals surface area (Å²) in [6.45, 7) is 0. The first-order valence-electron chi connectivity index (χ1n) is 8.53. The Labute approximate surface area is 143 Å². The van der Waals surface area contributed by atoms with Crippen molar-refractivity contribution in [3.05, 3.63) is 35.9 Å². The van der Waals surface area contributed by atoms with Crippen LogP contribution in [0.2, 0.25) is 0 Å². The molecule has 1 aromatic rings. The molecule has 3 heteroatoms. The van der Waals surface area contributed by atoms with Gasteiger partial charge in [0.1, 0.15) is 0 Å². The Morgan fingerprint density at radius 3 is 2.68 bits per heavy atom. The number of benzene rings is 1. The Morgan fingerprint density at radius 2 is 2.00 bits per heavy atom. The lowest BCUT2D eigenvalue weighted by atomic mass is 9.61. The molecular formula is C19H24ClNS. The van der Waals surface area contributed by atoms with E-state index >= 15 is 0 Å². The maximum absolute atomic E-state index is 6.29. The van der Waals surface area contributed by atoms with Crippen molar-refractivity contribution in [3.63, 3.8) is 0 Å². The van der Waals surface area contributed by atoms with E-state index in [2.05, 4.69) is 30.3 Å². The summed E-state index contributed by atoms with van der Waals surface area (Å²) < 4.78 is 0. The maximum Gasteiger partial charge on any atom is 0.0793 e. The van der Waals surface area contributed by atoms with Crippen LogP contribution in [0.5, 0.6) is 0 Å². The molecule has 1 aromatic carbocycles. The molecule has 0 aliphatic heterocycles. The summed E-state index contributed by atoms with van der Waals surface area (Å²) in [6.07, 6.45) is 7.40. The topological polar surface area (TPSA) is 26.0 Å². The number of hydrogen-bond donors (Lipinski definition) is 1. The number of rotatable bonds is 5. The quantitative estimate of drug-likeness (QED) is 0.626. The van der Waals surface area contributed by atoms with Gasteiger partial charge < -0.3 is 5.73 Å². The summed E-state index contributed by atoms with van der Waals surface area (Å²) >= 11 is 11.5. The second-order valence-electron chi connectivity index (χ2n) is 7.82. The second-order valence-corrected chi connectivity index (χ2v) is 8.64. The number of thiocarbonyl (C=S) groups is 1. The van der Waals surface area contributed by atoms with Crippen LogP contribution in [-0.2, 0) is 5.41 Å². The molecule has 22 heavy (non-hydrogen) atoms. The van der Waals surface area contributed by atoms with E-state index in [1.54, 1.807) is 0 Å². The number of nitrogens with two attached hydrogens (primary N) is 1. The zero-order valence-corrected chi connectivity index (χ0v) is 14.5. The van der Waals surface area contributed by atoms with Crippen LogP contribution in [0.4, 0.5) is 0 Å². The molecule has 0 spiro atoms. The Kier molecular flexibility index (Phi) is 3.54. The summed E-state index contributed by atoms with van der Waals surface area (Å²) in [5.41, 5.74) is 8.26. The largest absolute Gasteiger partial charge is 0.393 e. The highest BCUT2D eigenvalue weighted by atomic mass is 35.5. The Bertz CT molecular complexity index is 588. The van der Waals surface area contributed by atoms with Crippen molar-refractivity contribution in [2.75, 3.05) is 5.88 Å². The fraction of sp³-hybridized carbons (Fsp3) is 0.632. The third-order valence-electron chi connectivity index (χ3n) is 6.92. The van der Waals surface area contributed by atoms with Crippen LogP contribution in [0.3, 0.4) is 0 Å². The molecule has 118 valence electrons. The van der Waals surface area contributed by atoms with Crippen molar-refractivity contribution >= 4 is 28.8 Å². The van der Waals surface area contributed by atoms with Gasteiger partial charge >= 0.3 is 0 Å². The van der Waals surface area contributed by atoms with Crippen LogP contribution >= 0.6 is 23.8 Å². The minimum Gasteiger partial charge on any atom is -0.393 e. The molecule has 0 amide bonds. The summed E-state index contributed by atoms with van der Waals surface area (Å²) in [6, 6.07) is 11.1. The van der Waals surface area contributed by atoms with Gasteiger partial charge in [-0.2, -0.15) is 0 Å². The summed E-state index contributed by atoms with van der Waals surface area (Å²) in [7, 11) is 0. The molecule has 0 heterocycles. The lowest BCUT2D eigenvalue weighted by Gasteiger charge is -2.43. The Morgan fingerprint density at radius 1 is 1.23 bits per heavy atom. The average molecular weight is 334 g/mol. The Hall–Kier alpha value is -0.600. The van der Waals surface area contributed by atoms with E-state index in [1.807, 2.05) is 0 Å². The van der Waals surface area contributed by atoms with Gasteiger partial charge in [0.15, 0.2) is 0 Å². The second kappa shape index (κ2) is 5.21. The number of hydrogen-bond acceptors (Lipinski definition) is 1. The van der Waals surface area contributed by atoms with Gasteiger partial charge in [0.25, 0.3) is 0 Å². The minimum atomic E-state index is 0.130. The first-order chi connectivity index (χ1) is 10.6. The van der Waals surface area contributed by atoms with Gasteiger partial charge in [-0.15, -0.1) is 11.6 Å². The minimum absolute atomic E-state index is 0.130. The molecule has 0 saturated heterocycles. The standard InChI is InChI=1S/C19H24ClNS/c20-8-4-7-15-13-9-18(14-5-2-1-3-6-14)11-16(15)19(10-13,12-18)17(21)22/h1-3,5-6,13,15-16H,4,7-12H2,(H2,21,22). The van der Waals surface area contributed by atoms with Crippen LogP contribution in [0, 0.1) is 23.2 Å². The van der Waals surface area contributed by atoms with Crippen molar-refractivity contribution in [1.29, 1.82) is 0 Å². The van der Waals surface area contributed by atoms with Crippen LogP contribution in [0.15, 0.2) is 30.3 Å². The summed E-state index contributed by atoms with van der Waals surface area (Å²) in [5.74, 6) is 3.05. The zero-order chi connectivity index (χ0) is 15.4. The molecule has 0 aromatic heterocycles. The van der Waals surface area contributed by atoms with Gasteiger partial charge in [0.2, 0.25) is 0 Å². The van der Waals surface area contributed by atoms with Gasteiger partial charge in [-0.05, 0) is 67.3 Å². The SMILES string of the molecule is NC(=S)C12CC3CC(c4ccccc4)(CC1C3CCCCl)C2. The van der Waals surface area contributed by atoms with E-state index in [0.29, 0.717) is 11.3 Å². The molecule has 4 fully saturated rings. The van der Waals surface area contributed by atoms with Crippen LogP contribution in [0.25, 0.3) is 0 Å². The van der Waals surface area contributed by atoms with Gasteiger partial charge in [0.05, 0.1) is 4.99 Å². The van der Waals surface area contributed by atoms with Crippen molar-refractivity contribution in [2.45, 2.75) is 43.9 Å². The van der Waals surface area contributed by atoms with Gasteiger partial charge in [-0.1, -0.05) is 42.5 Å². The lowest BCUT2D eigenvalue weighted by molar-refractivity contribution is 0.156. The van der Waals surface area contributed by atoms with Crippen LogP contribution in [-0.4, -0.2) is 10.9 Å². The van der Waals surface area contributed by atoms with Crippen molar-refractivity contribution in [2.24, 2.45) is 28.9 Å². The average Bonchev–Trinajstić information content (AvgIpc) is 2.90. The Balaban J connectivity index is 1.71.